The summed E-state index contributed by atoms with van der Waals surface area (Å²) in [5, 5.41) is 23.0. The third kappa shape index (κ3) is 12.7. The molecule has 216 valence electrons. The molecule has 2 unspecified atom stereocenters. The molecule has 1 rings (SSSR count). The molecule has 1 aromatic carbocycles. The van der Waals surface area contributed by atoms with Gasteiger partial charge in [-0.15, -0.1) is 0 Å². The fourth-order valence-corrected chi connectivity index (χ4v) is 3.91. The van der Waals surface area contributed by atoms with E-state index in [-0.39, 0.29) is 30.9 Å². The molecular formula is C29H51N5O4. The number of hydrogen-bond acceptors (Lipinski definition) is 5. The lowest BCUT2D eigenvalue weighted by Gasteiger charge is -2.35. The van der Waals surface area contributed by atoms with Gasteiger partial charge >= 0.3 is 6.03 Å². The van der Waals surface area contributed by atoms with Crippen molar-refractivity contribution in [3.8, 4) is 0 Å². The first-order chi connectivity index (χ1) is 17.5. The van der Waals surface area contributed by atoms with Crippen LogP contribution in [0.4, 0.5) is 4.79 Å². The summed E-state index contributed by atoms with van der Waals surface area (Å²) in [6.45, 7) is 16.2. The smallest absolute Gasteiger partial charge is 0.317 e. The number of carbonyl (C=O) groups excluding carboxylic acids is 3. The Morgan fingerprint density at radius 2 is 1.58 bits per heavy atom. The Morgan fingerprint density at radius 1 is 0.974 bits per heavy atom. The summed E-state index contributed by atoms with van der Waals surface area (Å²) in [4.78, 5) is 40.5. The molecule has 0 heterocycles. The zero-order valence-corrected chi connectivity index (χ0v) is 24.9. The lowest BCUT2D eigenvalue weighted by molar-refractivity contribution is -0.132. The third-order valence-corrected chi connectivity index (χ3v) is 6.01. The lowest BCUT2D eigenvalue weighted by atomic mass is 9.85. The van der Waals surface area contributed by atoms with Gasteiger partial charge in [-0.3, -0.25) is 9.59 Å². The van der Waals surface area contributed by atoms with Crippen molar-refractivity contribution >= 4 is 17.8 Å². The van der Waals surface area contributed by atoms with Crippen molar-refractivity contribution in [1.82, 2.24) is 26.2 Å². The van der Waals surface area contributed by atoms with E-state index in [4.69, 9.17) is 0 Å². The average Bonchev–Trinajstić information content (AvgIpc) is 2.78. The molecule has 0 saturated heterocycles. The third-order valence-electron chi connectivity index (χ3n) is 6.01. The van der Waals surface area contributed by atoms with E-state index < -0.39 is 29.1 Å². The van der Waals surface area contributed by atoms with Crippen molar-refractivity contribution in [3.05, 3.63) is 35.9 Å². The van der Waals surface area contributed by atoms with Crippen molar-refractivity contribution in [3.63, 3.8) is 0 Å². The van der Waals surface area contributed by atoms with Crippen LogP contribution in [0.2, 0.25) is 0 Å². The van der Waals surface area contributed by atoms with Gasteiger partial charge in [0.1, 0.15) is 6.04 Å². The average molecular weight is 534 g/mol. The van der Waals surface area contributed by atoms with Crippen LogP contribution >= 0.6 is 0 Å². The van der Waals surface area contributed by atoms with E-state index >= 15 is 0 Å². The zero-order chi connectivity index (χ0) is 29.1. The number of rotatable bonds is 13. The summed E-state index contributed by atoms with van der Waals surface area (Å²) in [6.07, 6.45) is 0.114. The highest BCUT2D eigenvalue weighted by atomic mass is 16.3. The summed E-state index contributed by atoms with van der Waals surface area (Å²) in [5.41, 5.74) is -0.0522. The molecule has 5 N–H and O–H groups in total. The van der Waals surface area contributed by atoms with Crippen LogP contribution in [0.5, 0.6) is 0 Å². The predicted octanol–water partition coefficient (Wildman–Crippen LogP) is 2.68. The first-order valence-electron chi connectivity index (χ1n) is 13.6. The molecule has 0 saturated carbocycles. The molecule has 3 atom stereocenters. The van der Waals surface area contributed by atoms with Crippen LogP contribution in [-0.2, 0) is 16.0 Å². The number of hydrogen-bond donors (Lipinski definition) is 5. The van der Waals surface area contributed by atoms with Gasteiger partial charge in [0.2, 0.25) is 11.8 Å². The highest BCUT2D eigenvalue weighted by Gasteiger charge is 2.35. The maximum Gasteiger partial charge on any atom is 0.317 e. The molecule has 9 heteroatoms. The van der Waals surface area contributed by atoms with Crippen LogP contribution in [0.3, 0.4) is 0 Å². The normalized spacial score (nSPS) is 14.4. The van der Waals surface area contributed by atoms with Crippen molar-refractivity contribution in [2.75, 3.05) is 26.7 Å². The number of amides is 4. The number of carbonyl (C=O) groups is 3. The van der Waals surface area contributed by atoms with E-state index in [1.165, 1.54) is 0 Å². The molecule has 0 fully saturated rings. The first-order valence-corrected chi connectivity index (χ1v) is 13.6. The quantitative estimate of drug-likeness (QED) is 0.267. The second kappa shape index (κ2) is 15.1. The highest BCUT2D eigenvalue weighted by molar-refractivity contribution is 5.89. The summed E-state index contributed by atoms with van der Waals surface area (Å²) in [7, 11) is 1.67. The van der Waals surface area contributed by atoms with E-state index in [2.05, 4.69) is 35.1 Å². The number of aliphatic hydroxyl groups is 1. The maximum absolute atomic E-state index is 13.5. The van der Waals surface area contributed by atoms with Gasteiger partial charge in [-0.1, -0.05) is 65.0 Å². The molecule has 1 aromatic rings. The number of benzene rings is 1. The topological polar surface area (TPSA) is 123 Å². The molecule has 0 bridgehead atoms. The molecular weight excluding hydrogens is 482 g/mol. The van der Waals surface area contributed by atoms with Crippen LogP contribution in [-0.4, -0.2) is 78.3 Å². The number of likely N-dealkylation sites (N-methyl/N-ethyl adjacent to an activating group) is 1. The Morgan fingerprint density at radius 3 is 2.08 bits per heavy atom. The van der Waals surface area contributed by atoms with Crippen LogP contribution in [0, 0.1) is 11.3 Å². The number of urea groups is 1. The van der Waals surface area contributed by atoms with Crippen LogP contribution < -0.4 is 21.3 Å². The second-order valence-electron chi connectivity index (χ2n) is 12.6. The minimum absolute atomic E-state index is 0.0543. The Balaban J connectivity index is 3.22. The van der Waals surface area contributed by atoms with E-state index in [0.29, 0.717) is 18.9 Å². The van der Waals surface area contributed by atoms with Crippen molar-refractivity contribution in [2.45, 2.75) is 92.0 Å². The fourth-order valence-electron chi connectivity index (χ4n) is 3.91. The van der Waals surface area contributed by atoms with Crippen molar-refractivity contribution in [1.29, 1.82) is 0 Å². The zero-order valence-electron chi connectivity index (χ0n) is 24.9. The summed E-state index contributed by atoms with van der Waals surface area (Å²) >= 11 is 0. The van der Waals surface area contributed by atoms with E-state index in [9.17, 15) is 19.5 Å². The van der Waals surface area contributed by atoms with Crippen LogP contribution in [0.15, 0.2) is 30.3 Å². The highest BCUT2D eigenvalue weighted by Crippen LogP contribution is 2.20. The van der Waals surface area contributed by atoms with Gasteiger partial charge in [0.15, 0.2) is 0 Å². The van der Waals surface area contributed by atoms with Gasteiger partial charge in [-0.05, 0) is 57.6 Å². The SMILES string of the molecule is CNCC(=O)NC(C(=O)NC(Cc1ccccc1)[C@H](O)CN(CCC(C)C)C(=O)NC(C)(C)C)C(C)(C)C. The van der Waals surface area contributed by atoms with Crippen molar-refractivity contribution < 1.29 is 19.5 Å². The largest absolute Gasteiger partial charge is 0.389 e. The Hall–Kier alpha value is -2.65. The summed E-state index contributed by atoms with van der Waals surface area (Å²) < 4.78 is 0. The number of nitrogens with zero attached hydrogens (tertiary/aromatic N) is 1. The minimum atomic E-state index is -1.04. The van der Waals surface area contributed by atoms with Gasteiger partial charge in [0.25, 0.3) is 0 Å². The molecule has 0 radical (unpaired) electrons. The Bertz CT molecular complexity index is 877. The molecule has 4 amide bonds. The van der Waals surface area contributed by atoms with Gasteiger partial charge in [0.05, 0.1) is 25.2 Å². The Kier molecular flexibility index (Phi) is 13.2. The van der Waals surface area contributed by atoms with E-state index in [1.807, 2.05) is 71.9 Å². The monoisotopic (exact) mass is 533 g/mol. The van der Waals surface area contributed by atoms with Gasteiger partial charge in [-0.25, -0.2) is 4.79 Å². The molecule has 9 nitrogen and oxygen atoms in total. The van der Waals surface area contributed by atoms with Gasteiger partial charge in [-0.2, -0.15) is 0 Å². The Labute approximate surface area is 229 Å². The molecule has 0 aliphatic carbocycles. The second-order valence-corrected chi connectivity index (χ2v) is 12.6. The van der Waals surface area contributed by atoms with Crippen LogP contribution in [0.25, 0.3) is 0 Å². The van der Waals surface area contributed by atoms with E-state index in [1.54, 1.807) is 11.9 Å². The standard InChI is InChI=1S/C29H51N5O4/c1-20(2)15-16-34(27(38)33-29(6,7)8)19-23(35)22(17-21-13-11-10-12-14-21)31-26(37)25(28(3,4)5)32-24(36)18-30-9/h10-14,20,22-23,25,30,35H,15-19H2,1-9H3,(H,31,37)(H,32,36)(H,33,38)/t22?,23-,25?/m1/s1. The van der Waals surface area contributed by atoms with Gasteiger partial charge < -0.3 is 31.3 Å². The number of nitrogens with one attached hydrogen (secondary N) is 4. The van der Waals surface area contributed by atoms with Crippen LogP contribution in [0.1, 0.15) is 67.4 Å². The van der Waals surface area contributed by atoms with Gasteiger partial charge in [0, 0.05) is 12.1 Å². The molecule has 38 heavy (non-hydrogen) atoms. The lowest BCUT2D eigenvalue weighted by Crippen LogP contribution is -2.60. The molecule has 0 aliphatic heterocycles. The molecule has 0 spiro atoms. The molecule has 0 aliphatic rings. The van der Waals surface area contributed by atoms with Crippen molar-refractivity contribution in [2.24, 2.45) is 11.3 Å². The first kappa shape index (κ1) is 33.4. The maximum atomic E-state index is 13.5. The number of aliphatic hydroxyl groups excluding tert-OH is 1. The minimum Gasteiger partial charge on any atom is -0.389 e. The molecule has 0 aromatic heterocycles. The summed E-state index contributed by atoms with van der Waals surface area (Å²) in [6, 6.07) is 7.84. The predicted molar refractivity (Wildman–Crippen MR) is 153 cm³/mol. The van der Waals surface area contributed by atoms with E-state index in [0.717, 1.165) is 12.0 Å². The summed E-state index contributed by atoms with van der Waals surface area (Å²) in [5.74, 6) is -0.290. The fraction of sp³-hybridized carbons (Fsp3) is 0.690.